The number of hydrazone groups is 1. The van der Waals surface area contributed by atoms with Crippen LogP contribution in [-0.2, 0) is 14.4 Å². The van der Waals surface area contributed by atoms with Gasteiger partial charge in [-0.1, -0.05) is 28.1 Å². The highest BCUT2D eigenvalue weighted by Gasteiger charge is 2.59. The Morgan fingerprint density at radius 1 is 1.28 bits per heavy atom. The van der Waals surface area contributed by atoms with Crippen LogP contribution in [0.15, 0.2) is 33.9 Å². The van der Waals surface area contributed by atoms with E-state index in [1.165, 1.54) is 20.2 Å². The number of fused-ring (bicyclic) bond motifs is 5. The van der Waals surface area contributed by atoms with Gasteiger partial charge in [0.1, 0.15) is 0 Å². The molecule has 29 heavy (non-hydrogen) atoms. The lowest BCUT2D eigenvalue weighted by atomic mass is 9.85. The number of aliphatic carboxylic acids is 1. The van der Waals surface area contributed by atoms with Crippen LogP contribution in [0, 0.1) is 23.7 Å². The molecule has 2 aliphatic carbocycles. The number of hydrogen-bond donors (Lipinski definition) is 1. The van der Waals surface area contributed by atoms with Crippen molar-refractivity contribution in [3.05, 3.63) is 34.3 Å². The fourth-order valence-corrected chi connectivity index (χ4v) is 4.76. The number of carboxylic acids is 1. The van der Waals surface area contributed by atoms with Gasteiger partial charge in [-0.15, -0.1) is 0 Å². The number of allylic oxidation sites excluding steroid dienone is 2. The summed E-state index contributed by atoms with van der Waals surface area (Å²) in [4.78, 5) is 36.7. The van der Waals surface area contributed by atoms with Gasteiger partial charge in [-0.25, -0.2) is 4.79 Å². The van der Waals surface area contributed by atoms with Gasteiger partial charge in [0.2, 0.25) is 0 Å². The highest BCUT2D eigenvalue weighted by molar-refractivity contribution is 9.10. The van der Waals surface area contributed by atoms with Gasteiger partial charge in [0, 0.05) is 10.0 Å². The quantitative estimate of drug-likeness (QED) is 0.395. The van der Waals surface area contributed by atoms with Crippen LogP contribution in [0.3, 0.4) is 0 Å². The molecule has 0 spiro atoms. The molecule has 3 aliphatic rings. The lowest BCUT2D eigenvalue weighted by molar-refractivity contribution is -0.144. The zero-order valence-corrected chi connectivity index (χ0v) is 17.3. The van der Waals surface area contributed by atoms with Crippen molar-refractivity contribution in [3.63, 3.8) is 0 Å². The normalized spacial score (nSPS) is 28.3. The minimum absolute atomic E-state index is 0.0999. The number of carbonyl (C=O) groups excluding carboxylic acids is 2. The molecule has 5 unspecified atom stereocenters. The number of ether oxygens (including phenoxy) is 2. The van der Waals surface area contributed by atoms with Crippen LogP contribution in [0.4, 0.5) is 0 Å². The van der Waals surface area contributed by atoms with Gasteiger partial charge in [-0.2, -0.15) is 10.1 Å². The van der Waals surface area contributed by atoms with Crippen LogP contribution < -0.4 is 9.47 Å². The predicted molar refractivity (Wildman–Crippen MR) is 106 cm³/mol. The summed E-state index contributed by atoms with van der Waals surface area (Å²) in [5.74, 6) is -1.75. The molecule has 1 heterocycles. The number of imide groups is 1. The zero-order valence-electron chi connectivity index (χ0n) is 15.7. The summed E-state index contributed by atoms with van der Waals surface area (Å²) in [7, 11) is 1.43. The van der Waals surface area contributed by atoms with Crippen LogP contribution in [-0.4, -0.2) is 47.3 Å². The summed E-state index contributed by atoms with van der Waals surface area (Å²) < 4.78 is 11.5. The topological polar surface area (TPSA) is 106 Å². The molecule has 0 radical (unpaired) electrons. The fraction of sp³-hybridized carbons (Fsp3) is 0.400. The van der Waals surface area contributed by atoms with Crippen LogP contribution in [0.2, 0.25) is 0 Å². The molecule has 2 amide bonds. The van der Waals surface area contributed by atoms with Crippen molar-refractivity contribution >= 4 is 39.9 Å². The summed E-state index contributed by atoms with van der Waals surface area (Å²) in [6, 6.07) is 3.27. The maximum Gasteiger partial charge on any atom is 0.344 e. The van der Waals surface area contributed by atoms with Gasteiger partial charge in [0.15, 0.2) is 17.6 Å². The van der Waals surface area contributed by atoms with Crippen molar-refractivity contribution in [1.29, 1.82) is 0 Å². The minimum Gasteiger partial charge on any atom is -0.493 e. The molecular weight excluding hydrogens is 444 g/mol. The highest BCUT2D eigenvalue weighted by Crippen LogP contribution is 2.52. The van der Waals surface area contributed by atoms with Crippen molar-refractivity contribution in [2.24, 2.45) is 28.8 Å². The molecule has 5 atom stereocenters. The number of halogens is 1. The minimum atomic E-state index is -1.14. The number of nitrogens with zero attached hydrogens (tertiary/aromatic N) is 2. The maximum absolute atomic E-state index is 12.8. The number of carboxylic acid groups (broad SMARTS) is 1. The number of amides is 2. The lowest BCUT2D eigenvalue weighted by Crippen LogP contribution is -2.28. The fourth-order valence-electron chi connectivity index (χ4n) is 4.31. The smallest absolute Gasteiger partial charge is 0.344 e. The van der Waals surface area contributed by atoms with E-state index in [1.807, 2.05) is 12.2 Å². The standard InChI is InChI=1S/C20H19BrN2O6/c1-9(20(26)27)29-17-12(6-13(21)7-14(17)28-2)8-22-23-18(24)15-10-3-4-11(5-10)16(15)19(23)25/h3-4,6-11,15-16H,5H2,1-2H3,(H,26,27). The van der Waals surface area contributed by atoms with Crippen molar-refractivity contribution in [1.82, 2.24) is 5.01 Å². The molecule has 4 rings (SSSR count). The Hall–Kier alpha value is -2.68. The SMILES string of the molecule is COc1cc(Br)cc(C=NN2C(=O)C3C4C=CC(C4)C3C2=O)c1OC(C)C(=O)O. The highest BCUT2D eigenvalue weighted by atomic mass is 79.9. The molecule has 9 heteroatoms. The van der Waals surface area contributed by atoms with Gasteiger partial charge in [-0.3, -0.25) is 9.59 Å². The first-order valence-corrected chi connectivity index (χ1v) is 9.98. The Bertz CT molecular complexity index is 929. The molecule has 2 fully saturated rings. The van der Waals surface area contributed by atoms with Crippen molar-refractivity contribution in [2.45, 2.75) is 19.4 Å². The van der Waals surface area contributed by atoms with Gasteiger partial charge >= 0.3 is 5.97 Å². The Morgan fingerprint density at radius 3 is 2.45 bits per heavy atom. The van der Waals surface area contributed by atoms with E-state index in [0.717, 1.165) is 11.4 Å². The van der Waals surface area contributed by atoms with Gasteiger partial charge in [-0.05, 0) is 37.3 Å². The second-order valence-electron chi connectivity index (χ2n) is 7.36. The van der Waals surface area contributed by atoms with E-state index in [2.05, 4.69) is 21.0 Å². The molecule has 8 nitrogen and oxygen atoms in total. The van der Waals surface area contributed by atoms with E-state index in [9.17, 15) is 14.4 Å². The Labute approximate surface area is 175 Å². The number of carbonyl (C=O) groups is 3. The van der Waals surface area contributed by atoms with Crippen LogP contribution in [0.25, 0.3) is 0 Å². The number of hydrogen-bond acceptors (Lipinski definition) is 6. The van der Waals surface area contributed by atoms with E-state index < -0.39 is 12.1 Å². The van der Waals surface area contributed by atoms with Gasteiger partial charge in [0.05, 0.1) is 25.2 Å². The first-order valence-electron chi connectivity index (χ1n) is 9.19. The predicted octanol–water partition coefficient (Wildman–Crippen LogP) is 2.45. The summed E-state index contributed by atoms with van der Waals surface area (Å²) in [5.41, 5.74) is 0.378. The van der Waals surface area contributed by atoms with Gasteiger partial charge in [0.25, 0.3) is 11.8 Å². The van der Waals surface area contributed by atoms with Crippen molar-refractivity contribution in [2.75, 3.05) is 7.11 Å². The third-order valence-corrected chi connectivity index (χ3v) is 6.13. The zero-order chi connectivity index (χ0) is 20.9. The molecule has 1 saturated heterocycles. The molecule has 2 bridgehead atoms. The van der Waals surface area contributed by atoms with Crippen LogP contribution >= 0.6 is 15.9 Å². The summed E-state index contributed by atoms with van der Waals surface area (Å²) in [6.45, 7) is 1.39. The van der Waals surface area contributed by atoms with Crippen LogP contribution in [0.5, 0.6) is 11.5 Å². The number of benzene rings is 1. The summed E-state index contributed by atoms with van der Waals surface area (Å²) >= 11 is 3.35. The molecule has 1 aromatic carbocycles. The lowest BCUT2D eigenvalue weighted by Gasteiger charge is -2.17. The van der Waals surface area contributed by atoms with Gasteiger partial charge < -0.3 is 14.6 Å². The molecule has 1 N–H and O–H groups in total. The van der Waals surface area contributed by atoms with Crippen LogP contribution in [0.1, 0.15) is 18.9 Å². The van der Waals surface area contributed by atoms with E-state index in [-0.39, 0.29) is 41.2 Å². The van der Waals surface area contributed by atoms with E-state index >= 15 is 0 Å². The average molecular weight is 463 g/mol. The second kappa shape index (κ2) is 7.29. The average Bonchev–Trinajstić information content (AvgIpc) is 3.36. The molecule has 1 saturated carbocycles. The van der Waals surface area contributed by atoms with Crippen molar-refractivity contribution in [3.8, 4) is 11.5 Å². The largest absolute Gasteiger partial charge is 0.493 e. The first kappa shape index (κ1) is 19.6. The summed E-state index contributed by atoms with van der Waals surface area (Å²) in [6.07, 6.45) is 5.07. The second-order valence-corrected chi connectivity index (χ2v) is 8.27. The Kier molecular flexibility index (Phi) is 4.94. The third-order valence-electron chi connectivity index (χ3n) is 5.67. The monoisotopic (exact) mass is 462 g/mol. The Morgan fingerprint density at radius 2 is 1.90 bits per heavy atom. The third kappa shape index (κ3) is 3.23. The van der Waals surface area contributed by atoms with Crippen molar-refractivity contribution < 1.29 is 29.0 Å². The maximum atomic E-state index is 12.8. The number of rotatable bonds is 6. The van der Waals surface area contributed by atoms with E-state index in [1.54, 1.807) is 12.1 Å². The molecule has 1 aromatic rings. The number of methoxy groups -OCH3 is 1. The molecule has 0 aromatic heterocycles. The summed E-state index contributed by atoms with van der Waals surface area (Å²) in [5, 5.41) is 14.2. The Balaban J connectivity index is 1.65. The van der Waals surface area contributed by atoms with E-state index in [0.29, 0.717) is 15.8 Å². The van der Waals surface area contributed by atoms with E-state index in [4.69, 9.17) is 14.6 Å². The molecular formula is C20H19BrN2O6. The molecule has 1 aliphatic heterocycles. The first-order chi connectivity index (χ1) is 13.8. The molecule has 152 valence electrons.